The third-order valence-electron chi connectivity index (χ3n) is 6.86. The number of nitrogen functional groups attached to an aromatic ring is 1. The highest BCUT2D eigenvalue weighted by Gasteiger charge is 2.39. The van der Waals surface area contributed by atoms with Gasteiger partial charge in [-0.15, -0.1) is 0 Å². The van der Waals surface area contributed by atoms with Gasteiger partial charge >= 0.3 is 0 Å². The minimum atomic E-state index is -0.411. The number of para-hydroxylation sites is 1. The SMILES string of the molecule is COc1ccc(Oc2ccc3cccc4c3c2C(=O)N(c2c(C(C)C)cccc2C(C)C)C4=O)c(N)c1. The number of ether oxygens (including phenoxy) is 2. The van der Waals surface area contributed by atoms with E-state index in [1.807, 2.05) is 36.4 Å². The monoisotopic (exact) mass is 494 g/mol. The van der Waals surface area contributed by atoms with Crippen molar-refractivity contribution in [2.45, 2.75) is 39.5 Å². The number of nitrogens with two attached hydrogens (primary N) is 1. The third-order valence-corrected chi connectivity index (χ3v) is 6.86. The van der Waals surface area contributed by atoms with E-state index in [1.165, 1.54) is 4.90 Å². The first kappa shape index (κ1) is 24.4. The number of nitrogens with zero attached hydrogens (tertiary/aromatic N) is 1. The molecular formula is C31H30N2O4. The maximum atomic E-state index is 14.3. The lowest BCUT2D eigenvalue weighted by molar-refractivity contribution is 0.0891. The van der Waals surface area contributed by atoms with Crippen molar-refractivity contribution in [1.82, 2.24) is 0 Å². The summed E-state index contributed by atoms with van der Waals surface area (Å²) in [6.45, 7) is 8.27. The van der Waals surface area contributed by atoms with Crippen LogP contribution in [0.4, 0.5) is 11.4 Å². The van der Waals surface area contributed by atoms with Gasteiger partial charge in [-0.1, -0.05) is 64.1 Å². The Kier molecular flexibility index (Phi) is 6.12. The lowest BCUT2D eigenvalue weighted by atomic mass is 9.88. The summed E-state index contributed by atoms with van der Waals surface area (Å²) in [5, 5.41) is 1.39. The summed E-state index contributed by atoms with van der Waals surface area (Å²) in [5.41, 5.74) is 9.96. The van der Waals surface area contributed by atoms with E-state index in [0.29, 0.717) is 45.1 Å². The van der Waals surface area contributed by atoms with E-state index < -0.39 is 5.91 Å². The number of anilines is 2. The molecule has 2 amide bonds. The zero-order valence-corrected chi connectivity index (χ0v) is 21.7. The number of hydrogen-bond acceptors (Lipinski definition) is 5. The van der Waals surface area contributed by atoms with Gasteiger partial charge in [-0.2, -0.15) is 0 Å². The predicted molar refractivity (Wildman–Crippen MR) is 147 cm³/mol. The highest BCUT2D eigenvalue weighted by atomic mass is 16.5. The summed E-state index contributed by atoms with van der Waals surface area (Å²) in [6, 6.07) is 20.2. The second-order valence-electron chi connectivity index (χ2n) is 9.89. The van der Waals surface area contributed by atoms with E-state index in [1.54, 1.807) is 37.4 Å². The van der Waals surface area contributed by atoms with Crippen molar-refractivity contribution in [3.05, 3.63) is 89.0 Å². The molecule has 4 aromatic carbocycles. The van der Waals surface area contributed by atoms with Gasteiger partial charge in [0.25, 0.3) is 11.8 Å². The maximum absolute atomic E-state index is 14.3. The van der Waals surface area contributed by atoms with Crippen LogP contribution in [0, 0.1) is 0 Å². The Morgan fingerprint density at radius 3 is 2.05 bits per heavy atom. The Labute approximate surface area is 216 Å². The molecule has 0 fully saturated rings. The van der Waals surface area contributed by atoms with Crippen molar-refractivity contribution in [2.24, 2.45) is 0 Å². The number of imide groups is 1. The summed E-state index contributed by atoms with van der Waals surface area (Å²) in [6.07, 6.45) is 0. The van der Waals surface area contributed by atoms with Crippen LogP contribution in [-0.4, -0.2) is 18.9 Å². The minimum Gasteiger partial charge on any atom is -0.497 e. The van der Waals surface area contributed by atoms with Crippen molar-refractivity contribution in [3.63, 3.8) is 0 Å². The van der Waals surface area contributed by atoms with Crippen LogP contribution in [0.3, 0.4) is 0 Å². The Morgan fingerprint density at radius 2 is 1.43 bits per heavy atom. The zero-order chi connectivity index (χ0) is 26.4. The van der Waals surface area contributed by atoms with Crippen molar-refractivity contribution >= 4 is 34.0 Å². The standard InChI is InChI=1S/C31H30N2O4/c1-17(2)21-9-7-10-22(18(3)4)29(21)33-30(34)23-11-6-8-19-12-14-26(28(27(19)23)31(33)35)37-25-15-13-20(36-5)16-24(25)32/h6-18H,32H2,1-5H3. The van der Waals surface area contributed by atoms with Crippen LogP contribution < -0.4 is 20.1 Å². The Balaban J connectivity index is 1.75. The molecular weight excluding hydrogens is 464 g/mol. The average Bonchev–Trinajstić information content (AvgIpc) is 2.88. The van der Waals surface area contributed by atoms with Gasteiger partial charge in [0.15, 0.2) is 5.75 Å². The first-order valence-corrected chi connectivity index (χ1v) is 12.4. The van der Waals surface area contributed by atoms with Crippen LogP contribution >= 0.6 is 0 Å². The highest BCUT2D eigenvalue weighted by molar-refractivity contribution is 6.37. The molecule has 0 radical (unpaired) electrons. The number of amides is 2. The number of carbonyl (C=O) groups excluding carboxylic acids is 2. The molecule has 4 aromatic rings. The van der Waals surface area contributed by atoms with Gasteiger partial charge < -0.3 is 15.2 Å². The van der Waals surface area contributed by atoms with Crippen molar-refractivity contribution < 1.29 is 19.1 Å². The van der Waals surface area contributed by atoms with Gasteiger partial charge in [-0.05, 0) is 52.6 Å². The van der Waals surface area contributed by atoms with E-state index in [2.05, 4.69) is 27.7 Å². The van der Waals surface area contributed by atoms with E-state index in [4.69, 9.17) is 15.2 Å². The fraction of sp³-hybridized carbons (Fsp3) is 0.226. The molecule has 0 spiro atoms. The number of carbonyl (C=O) groups is 2. The molecule has 1 aliphatic rings. The average molecular weight is 495 g/mol. The molecule has 1 heterocycles. The number of benzene rings is 4. The summed E-state index contributed by atoms with van der Waals surface area (Å²) < 4.78 is 11.5. The lowest BCUT2D eigenvalue weighted by Gasteiger charge is -2.32. The van der Waals surface area contributed by atoms with Gasteiger partial charge in [-0.25, -0.2) is 4.90 Å². The summed E-state index contributed by atoms with van der Waals surface area (Å²) >= 11 is 0. The fourth-order valence-corrected chi connectivity index (χ4v) is 5.00. The highest BCUT2D eigenvalue weighted by Crippen LogP contribution is 2.44. The Morgan fingerprint density at radius 1 is 0.784 bits per heavy atom. The molecule has 188 valence electrons. The topological polar surface area (TPSA) is 81.9 Å². The first-order valence-electron chi connectivity index (χ1n) is 12.4. The molecule has 1 aliphatic heterocycles. The van der Waals surface area contributed by atoms with E-state index in [0.717, 1.165) is 16.5 Å². The molecule has 0 saturated carbocycles. The van der Waals surface area contributed by atoms with Crippen molar-refractivity contribution in [3.8, 4) is 17.2 Å². The summed E-state index contributed by atoms with van der Waals surface area (Å²) in [4.78, 5) is 29.7. The van der Waals surface area contributed by atoms with E-state index >= 15 is 0 Å². The molecule has 0 aromatic heterocycles. The number of methoxy groups -OCH3 is 1. The second-order valence-corrected chi connectivity index (χ2v) is 9.89. The van der Waals surface area contributed by atoms with Crippen LogP contribution in [0.25, 0.3) is 10.8 Å². The van der Waals surface area contributed by atoms with Crippen LogP contribution in [0.1, 0.15) is 71.4 Å². The molecule has 0 aliphatic carbocycles. The third kappa shape index (κ3) is 3.99. The number of hydrogen-bond donors (Lipinski definition) is 1. The molecule has 6 nitrogen and oxygen atoms in total. The molecule has 6 heteroatoms. The molecule has 0 unspecified atom stereocenters. The second kappa shape index (κ2) is 9.28. The summed E-state index contributed by atoms with van der Waals surface area (Å²) in [7, 11) is 1.56. The number of rotatable bonds is 6. The quantitative estimate of drug-likeness (QED) is 0.225. The largest absolute Gasteiger partial charge is 0.497 e. The molecule has 0 saturated heterocycles. The van der Waals surface area contributed by atoms with E-state index in [9.17, 15) is 9.59 Å². The van der Waals surface area contributed by atoms with Gasteiger partial charge in [0.2, 0.25) is 0 Å². The first-order chi connectivity index (χ1) is 17.7. The van der Waals surface area contributed by atoms with Gasteiger partial charge in [0, 0.05) is 17.0 Å². The van der Waals surface area contributed by atoms with Crippen molar-refractivity contribution in [2.75, 3.05) is 17.7 Å². The molecule has 0 bridgehead atoms. The molecule has 0 atom stereocenters. The van der Waals surface area contributed by atoms with Crippen LogP contribution in [0.15, 0.2) is 66.7 Å². The van der Waals surface area contributed by atoms with Crippen LogP contribution in [0.5, 0.6) is 17.2 Å². The minimum absolute atomic E-state index is 0.108. The van der Waals surface area contributed by atoms with Gasteiger partial charge in [0.1, 0.15) is 11.5 Å². The molecule has 5 rings (SSSR count). The lowest BCUT2D eigenvalue weighted by Crippen LogP contribution is -2.42. The smallest absolute Gasteiger partial charge is 0.269 e. The summed E-state index contributed by atoms with van der Waals surface area (Å²) in [5.74, 6) is 0.814. The molecule has 37 heavy (non-hydrogen) atoms. The fourth-order valence-electron chi connectivity index (χ4n) is 5.00. The Hall–Kier alpha value is -4.32. The Bertz CT molecular complexity index is 1530. The zero-order valence-electron chi connectivity index (χ0n) is 21.7. The normalized spacial score (nSPS) is 13.1. The maximum Gasteiger partial charge on any atom is 0.269 e. The van der Waals surface area contributed by atoms with Gasteiger partial charge in [0.05, 0.1) is 24.0 Å². The van der Waals surface area contributed by atoms with Crippen LogP contribution in [0.2, 0.25) is 0 Å². The predicted octanol–water partition coefficient (Wildman–Crippen LogP) is 7.27. The van der Waals surface area contributed by atoms with Gasteiger partial charge in [-0.3, -0.25) is 9.59 Å². The van der Waals surface area contributed by atoms with Crippen molar-refractivity contribution in [1.29, 1.82) is 0 Å². The molecule has 2 N–H and O–H groups in total. The van der Waals surface area contributed by atoms with Crippen LogP contribution in [-0.2, 0) is 0 Å². The van der Waals surface area contributed by atoms with E-state index in [-0.39, 0.29) is 17.7 Å².